The van der Waals surface area contributed by atoms with Crippen LogP contribution in [0.25, 0.3) is 0 Å². The Morgan fingerprint density at radius 1 is 0.818 bits per heavy atom. The average molecular weight is 163 g/mol. The molecule has 0 fully saturated rings. The van der Waals surface area contributed by atoms with Gasteiger partial charge in [-0.1, -0.05) is 0 Å². The van der Waals surface area contributed by atoms with Gasteiger partial charge in [0.15, 0.2) is 0 Å². The Hall–Kier alpha value is -1.99. The highest BCUT2D eigenvalue weighted by atomic mass is 16.2. The van der Waals surface area contributed by atoms with Gasteiger partial charge in [0, 0.05) is 0 Å². The van der Waals surface area contributed by atoms with E-state index in [1.54, 1.807) is 5.32 Å². The lowest BCUT2D eigenvalue weighted by Crippen LogP contribution is -2.38. The van der Waals surface area contributed by atoms with E-state index in [1.807, 2.05) is 0 Å². The molecule has 0 aliphatic rings. The lowest BCUT2D eigenvalue weighted by molar-refractivity contribution is 0.236. The molecule has 0 bridgehead atoms. The number of imide groups is 1. The zero-order valence-electron chi connectivity index (χ0n) is 5.53. The molecule has 0 atom stereocenters. The van der Waals surface area contributed by atoms with Crippen molar-refractivity contribution in [3.05, 3.63) is 0 Å². The van der Waals surface area contributed by atoms with Gasteiger partial charge >= 0.3 is 18.1 Å². The van der Waals surface area contributed by atoms with Crippen LogP contribution in [-0.4, -0.2) is 18.1 Å². The van der Waals surface area contributed by atoms with E-state index in [-0.39, 0.29) is 0 Å². The fraction of sp³-hybridized carbons (Fsp3) is 0. The van der Waals surface area contributed by atoms with E-state index in [4.69, 9.17) is 4.79 Å². The van der Waals surface area contributed by atoms with Gasteiger partial charge in [-0.05, 0) is 0 Å². The average Bonchev–Trinajstić information content (AvgIpc) is 1.56. The van der Waals surface area contributed by atoms with E-state index in [1.165, 1.54) is 0 Å². The maximum atomic E-state index is 9.62. The number of primary amides is 4. The van der Waals surface area contributed by atoms with Crippen LogP contribution in [0.15, 0.2) is 0 Å². The Morgan fingerprint density at radius 2 is 1.00 bits per heavy atom. The van der Waals surface area contributed by atoms with E-state index in [2.05, 4.69) is 22.9 Å². The zero-order chi connectivity index (χ0) is 9.44. The topological polar surface area (TPSA) is 167 Å². The maximum Gasteiger partial charge on any atom is 0.320 e. The molecule has 6 amide bonds. The molecule has 0 spiro atoms. The normalized spacial score (nSPS) is 6.91. The maximum absolute atomic E-state index is 9.62. The van der Waals surface area contributed by atoms with Crippen LogP contribution in [0.1, 0.15) is 0 Å². The summed E-state index contributed by atoms with van der Waals surface area (Å²) in [5.74, 6) is 0. The van der Waals surface area contributed by atoms with Crippen molar-refractivity contribution in [3.8, 4) is 0 Å². The van der Waals surface area contributed by atoms with Crippen molar-refractivity contribution in [2.45, 2.75) is 0 Å². The molecule has 0 heterocycles. The fourth-order valence-electron chi connectivity index (χ4n) is 0.121. The molecule has 0 rings (SSSR count). The van der Waals surface area contributed by atoms with Gasteiger partial charge in [0.05, 0.1) is 0 Å². The van der Waals surface area contributed by atoms with E-state index in [0.717, 1.165) is 0 Å². The molecule has 8 nitrogen and oxygen atoms in total. The predicted molar refractivity (Wildman–Crippen MR) is 36.1 cm³/mol. The molecular weight excluding hydrogens is 154 g/mol. The van der Waals surface area contributed by atoms with Crippen molar-refractivity contribution < 1.29 is 14.4 Å². The predicted octanol–water partition coefficient (Wildman–Crippen LogP) is -2.24. The monoisotopic (exact) mass is 163 g/mol. The fourth-order valence-corrected chi connectivity index (χ4v) is 0.121. The van der Waals surface area contributed by atoms with Crippen molar-refractivity contribution in [3.63, 3.8) is 0 Å². The molecule has 64 valence electrons. The van der Waals surface area contributed by atoms with Gasteiger partial charge in [0.2, 0.25) is 0 Å². The molecule has 0 unspecified atom stereocenters. The second-order valence-corrected chi connectivity index (χ2v) is 1.26. The van der Waals surface area contributed by atoms with Gasteiger partial charge in [0.1, 0.15) is 0 Å². The molecule has 0 saturated heterocycles. The van der Waals surface area contributed by atoms with Crippen molar-refractivity contribution in [2.24, 2.45) is 22.9 Å². The number of carbonyl (C=O) groups excluding carboxylic acids is 3. The summed E-state index contributed by atoms with van der Waals surface area (Å²) in [5.41, 5.74) is 17.4. The number of rotatable bonds is 0. The van der Waals surface area contributed by atoms with Crippen molar-refractivity contribution in [1.82, 2.24) is 5.32 Å². The summed E-state index contributed by atoms with van der Waals surface area (Å²) in [6.45, 7) is 0. The smallest absolute Gasteiger partial charge is 0.320 e. The number of nitrogens with one attached hydrogen (secondary N) is 1. The first-order chi connectivity index (χ1) is 4.86. The summed E-state index contributed by atoms with van der Waals surface area (Å²) in [6.07, 6.45) is 0. The second kappa shape index (κ2) is 6.13. The largest absolute Gasteiger partial charge is 0.352 e. The second-order valence-electron chi connectivity index (χ2n) is 1.26. The van der Waals surface area contributed by atoms with E-state index in [9.17, 15) is 9.59 Å². The Morgan fingerprint density at radius 3 is 1.00 bits per heavy atom. The minimum atomic E-state index is -0.938. The molecule has 11 heavy (non-hydrogen) atoms. The first-order valence-electron chi connectivity index (χ1n) is 2.27. The highest BCUT2D eigenvalue weighted by molar-refractivity contribution is 5.91. The molecule has 0 aromatic rings. The molecule has 0 aromatic heterocycles. The van der Waals surface area contributed by atoms with Crippen LogP contribution in [0.3, 0.4) is 0 Å². The minimum absolute atomic E-state index is 0.833. The summed E-state index contributed by atoms with van der Waals surface area (Å²) in [4.78, 5) is 28.2. The highest BCUT2D eigenvalue weighted by Gasteiger charge is 1.92. The van der Waals surface area contributed by atoms with E-state index in [0.29, 0.717) is 0 Å². The summed E-state index contributed by atoms with van der Waals surface area (Å²) in [7, 11) is 0. The highest BCUT2D eigenvalue weighted by Crippen LogP contribution is 1.51. The number of amides is 6. The SMILES string of the molecule is NC(=O)NC(N)=O.NC(N)=O. The summed E-state index contributed by atoms with van der Waals surface area (Å²) < 4.78 is 0. The van der Waals surface area contributed by atoms with Crippen LogP contribution >= 0.6 is 0 Å². The molecule has 0 saturated carbocycles. The number of hydrogen-bond donors (Lipinski definition) is 5. The van der Waals surface area contributed by atoms with Crippen LogP contribution < -0.4 is 28.3 Å². The summed E-state index contributed by atoms with van der Waals surface area (Å²) in [5, 5.41) is 1.58. The molecule has 8 heteroatoms. The van der Waals surface area contributed by atoms with Gasteiger partial charge in [-0.3, -0.25) is 5.32 Å². The zero-order valence-corrected chi connectivity index (χ0v) is 5.53. The Balaban J connectivity index is 0. The van der Waals surface area contributed by atoms with Gasteiger partial charge < -0.3 is 22.9 Å². The van der Waals surface area contributed by atoms with Crippen molar-refractivity contribution in [1.29, 1.82) is 0 Å². The standard InChI is InChI=1S/C2H5N3O2.CH4N2O/c3-1(6)5-2(4)7;2-1(3)4/h(H5,3,4,5,6,7);(H4,2,3,4). The van der Waals surface area contributed by atoms with Crippen LogP contribution in [0, 0.1) is 0 Å². The van der Waals surface area contributed by atoms with Crippen LogP contribution in [0.4, 0.5) is 14.4 Å². The summed E-state index contributed by atoms with van der Waals surface area (Å²) >= 11 is 0. The van der Waals surface area contributed by atoms with Crippen LogP contribution in [-0.2, 0) is 0 Å². The third-order valence-corrected chi connectivity index (χ3v) is 0.246. The Labute approximate surface area is 61.9 Å². The number of nitrogens with two attached hydrogens (primary N) is 4. The van der Waals surface area contributed by atoms with E-state index < -0.39 is 18.1 Å². The van der Waals surface area contributed by atoms with Gasteiger partial charge in [-0.15, -0.1) is 0 Å². The molecule has 0 radical (unpaired) electrons. The van der Waals surface area contributed by atoms with Crippen LogP contribution in [0.2, 0.25) is 0 Å². The van der Waals surface area contributed by atoms with E-state index >= 15 is 0 Å². The molecular formula is C3H9N5O3. The van der Waals surface area contributed by atoms with Crippen molar-refractivity contribution >= 4 is 18.1 Å². The minimum Gasteiger partial charge on any atom is -0.352 e. The summed E-state index contributed by atoms with van der Waals surface area (Å²) in [6, 6.07) is -2.71. The Bertz CT molecular complexity index is 150. The van der Waals surface area contributed by atoms with Gasteiger partial charge in [-0.25, -0.2) is 14.4 Å². The Kier molecular flexibility index (Phi) is 6.56. The number of carbonyl (C=O) groups is 3. The first-order valence-corrected chi connectivity index (χ1v) is 2.27. The van der Waals surface area contributed by atoms with Gasteiger partial charge in [-0.2, -0.15) is 0 Å². The third kappa shape index (κ3) is 71.6. The molecule has 9 N–H and O–H groups in total. The molecule has 0 aliphatic carbocycles. The van der Waals surface area contributed by atoms with Crippen molar-refractivity contribution in [2.75, 3.05) is 0 Å². The third-order valence-electron chi connectivity index (χ3n) is 0.246. The first kappa shape index (κ1) is 11.8. The lowest BCUT2D eigenvalue weighted by atomic mass is 10.9. The lowest BCUT2D eigenvalue weighted by Gasteiger charge is -1.88. The van der Waals surface area contributed by atoms with Gasteiger partial charge in [0.25, 0.3) is 0 Å². The quantitative estimate of drug-likeness (QED) is 0.272. The number of urea groups is 3. The van der Waals surface area contributed by atoms with Crippen LogP contribution in [0.5, 0.6) is 0 Å². The molecule has 0 aliphatic heterocycles. The molecule has 0 aromatic carbocycles. The number of hydrogen-bond acceptors (Lipinski definition) is 3.